The number of benzene rings is 1. The largest absolute Gasteiger partial charge is 0.325 e. The molecule has 2 aromatic heterocycles. The number of nitrogens with zero attached hydrogens (tertiary/aromatic N) is 4. The average Bonchev–Trinajstić information content (AvgIpc) is 2.99. The van der Waals surface area contributed by atoms with Gasteiger partial charge >= 0.3 is 5.69 Å². The molecule has 1 atom stereocenters. The Morgan fingerprint density at radius 2 is 2.16 bits per heavy atom. The van der Waals surface area contributed by atoms with Crippen LogP contribution in [0.5, 0.6) is 0 Å². The van der Waals surface area contributed by atoms with Crippen molar-refractivity contribution in [1.29, 1.82) is 0 Å². The number of rotatable bonds is 5. The number of pyridine rings is 1. The van der Waals surface area contributed by atoms with Gasteiger partial charge in [0.1, 0.15) is 0 Å². The Kier molecular flexibility index (Phi) is 4.61. The van der Waals surface area contributed by atoms with Crippen molar-refractivity contribution in [2.45, 2.75) is 17.3 Å². The van der Waals surface area contributed by atoms with E-state index in [0.29, 0.717) is 10.8 Å². The fraction of sp³-hybridized carbons (Fsp3) is 0.133. The predicted octanol–water partition coefficient (Wildman–Crippen LogP) is 2.90. The van der Waals surface area contributed by atoms with Crippen LogP contribution in [-0.2, 0) is 4.79 Å². The molecule has 2 heterocycles. The second-order valence-corrected chi connectivity index (χ2v) is 6.39. The molecule has 0 bridgehead atoms. The van der Waals surface area contributed by atoms with Crippen LogP contribution in [0.4, 0.5) is 15.8 Å². The molecular weight excluding hydrogens is 349 g/mol. The Morgan fingerprint density at radius 1 is 1.36 bits per heavy atom. The lowest BCUT2D eigenvalue weighted by Crippen LogP contribution is -2.22. The van der Waals surface area contributed by atoms with Crippen LogP contribution in [0.3, 0.4) is 0 Å². The van der Waals surface area contributed by atoms with Gasteiger partial charge in [-0.25, -0.2) is 0 Å². The van der Waals surface area contributed by atoms with E-state index in [1.54, 1.807) is 23.6 Å². The summed E-state index contributed by atoms with van der Waals surface area (Å²) in [5, 5.41) is 21.3. The molecule has 3 rings (SSSR count). The number of nitro benzene ring substituents is 1. The van der Waals surface area contributed by atoms with Crippen LogP contribution in [-0.4, -0.2) is 30.7 Å². The van der Waals surface area contributed by atoms with Gasteiger partial charge in [0.2, 0.25) is 11.7 Å². The van der Waals surface area contributed by atoms with Gasteiger partial charge in [-0.3, -0.25) is 19.3 Å². The molecule has 0 unspecified atom stereocenters. The van der Waals surface area contributed by atoms with Crippen LogP contribution >= 0.6 is 11.8 Å². The smallest absolute Gasteiger partial charge is 0.306 e. The first-order chi connectivity index (χ1) is 12.0. The summed E-state index contributed by atoms with van der Waals surface area (Å²) in [5.41, 5.74) is 0.116. The van der Waals surface area contributed by atoms with Crippen molar-refractivity contribution >= 4 is 34.7 Å². The van der Waals surface area contributed by atoms with Crippen LogP contribution in [0.25, 0.3) is 5.65 Å². The summed E-state index contributed by atoms with van der Waals surface area (Å²) in [4.78, 5) is 22.2. The lowest BCUT2D eigenvalue weighted by atomic mass is 10.2. The molecule has 1 amide bonds. The average molecular weight is 361 g/mol. The molecule has 0 aliphatic heterocycles. The molecule has 0 radical (unpaired) electrons. The number of carbonyl (C=O) groups is 1. The highest BCUT2D eigenvalue weighted by Gasteiger charge is 2.20. The van der Waals surface area contributed by atoms with E-state index in [9.17, 15) is 19.3 Å². The van der Waals surface area contributed by atoms with Gasteiger partial charge in [-0.15, -0.1) is 10.2 Å². The van der Waals surface area contributed by atoms with Gasteiger partial charge in [-0.2, -0.15) is 4.39 Å². The summed E-state index contributed by atoms with van der Waals surface area (Å²) in [7, 11) is 0. The van der Waals surface area contributed by atoms with E-state index in [4.69, 9.17) is 0 Å². The van der Waals surface area contributed by atoms with Gasteiger partial charge in [0, 0.05) is 18.0 Å². The third-order valence-corrected chi connectivity index (χ3v) is 4.40. The highest BCUT2D eigenvalue weighted by Crippen LogP contribution is 2.25. The van der Waals surface area contributed by atoms with Crippen molar-refractivity contribution in [2.75, 3.05) is 5.32 Å². The Bertz CT molecular complexity index is 961. The quantitative estimate of drug-likeness (QED) is 0.426. The zero-order valence-electron chi connectivity index (χ0n) is 12.9. The summed E-state index contributed by atoms with van der Waals surface area (Å²) < 4.78 is 15.1. The number of nitro groups is 1. The molecule has 25 heavy (non-hydrogen) atoms. The molecule has 10 heteroatoms. The van der Waals surface area contributed by atoms with Gasteiger partial charge in [0.15, 0.2) is 10.8 Å². The van der Waals surface area contributed by atoms with Crippen LogP contribution in [0.2, 0.25) is 0 Å². The first kappa shape index (κ1) is 16.8. The van der Waals surface area contributed by atoms with E-state index in [0.717, 1.165) is 12.1 Å². The standard InChI is InChI=1S/C15H12FN5O3S/c1-9(25-15-19-18-13-4-2-3-7-20(13)15)14(22)17-10-5-6-11(16)12(8-10)21(23)24/h2-9H,1H3,(H,17,22)/t9-/m0/s1. The van der Waals surface area contributed by atoms with Crippen molar-refractivity contribution in [3.8, 4) is 0 Å². The van der Waals surface area contributed by atoms with E-state index in [1.807, 2.05) is 12.1 Å². The summed E-state index contributed by atoms with van der Waals surface area (Å²) >= 11 is 1.19. The summed E-state index contributed by atoms with van der Waals surface area (Å²) in [5.74, 6) is -1.35. The minimum absolute atomic E-state index is 0.150. The number of fused-ring (bicyclic) bond motifs is 1. The van der Waals surface area contributed by atoms with Gasteiger partial charge in [0.05, 0.1) is 10.2 Å². The van der Waals surface area contributed by atoms with Crippen LogP contribution < -0.4 is 5.32 Å². The Balaban J connectivity index is 1.73. The highest BCUT2D eigenvalue weighted by molar-refractivity contribution is 8.00. The number of halogens is 1. The van der Waals surface area contributed by atoms with Gasteiger partial charge in [-0.05, 0) is 31.2 Å². The Labute approximate surface area is 145 Å². The highest BCUT2D eigenvalue weighted by atomic mass is 32.2. The van der Waals surface area contributed by atoms with E-state index in [-0.39, 0.29) is 5.69 Å². The maximum Gasteiger partial charge on any atom is 0.306 e. The molecule has 8 nitrogen and oxygen atoms in total. The molecule has 1 aromatic carbocycles. The number of amides is 1. The third-order valence-electron chi connectivity index (χ3n) is 3.34. The summed E-state index contributed by atoms with van der Waals surface area (Å²) in [6.45, 7) is 1.67. The van der Waals surface area contributed by atoms with Crippen molar-refractivity contribution in [1.82, 2.24) is 14.6 Å². The number of anilines is 1. The Morgan fingerprint density at radius 3 is 2.92 bits per heavy atom. The van der Waals surface area contributed by atoms with Gasteiger partial charge in [0.25, 0.3) is 0 Å². The zero-order valence-corrected chi connectivity index (χ0v) is 13.7. The number of hydrogen-bond acceptors (Lipinski definition) is 6. The Hall–Kier alpha value is -3.01. The molecule has 128 valence electrons. The molecule has 0 spiro atoms. The molecule has 1 N–H and O–H groups in total. The monoisotopic (exact) mass is 361 g/mol. The number of thioether (sulfide) groups is 1. The summed E-state index contributed by atoms with van der Waals surface area (Å²) in [6.07, 6.45) is 1.78. The normalized spacial score (nSPS) is 12.1. The number of aromatic nitrogens is 3. The third kappa shape index (κ3) is 3.58. The molecule has 0 fully saturated rings. The number of carbonyl (C=O) groups excluding carboxylic acids is 1. The van der Waals surface area contributed by atoms with Crippen molar-refractivity contribution in [3.05, 3.63) is 58.5 Å². The van der Waals surface area contributed by atoms with E-state index in [2.05, 4.69) is 15.5 Å². The lowest BCUT2D eigenvalue weighted by Gasteiger charge is -2.11. The molecule has 0 aliphatic rings. The summed E-state index contributed by atoms with van der Waals surface area (Å²) in [6, 6.07) is 8.64. The van der Waals surface area contributed by atoms with Crippen LogP contribution in [0.1, 0.15) is 6.92 Å². The van der Waals surface area contributed by atoms with Crippen molar-refractivity contribution in [3.63, 3.8) is 0 Å². The first-order valence-electron chi connectivity index (χ1n) is 7.17. The molecule has 0 aliphatic carbocycles. The van der Waals surface area contributed by atoms with Crippen molar-refractivity contribution in [2.24, 2.45) is 0 Å². The van der Waals surface area contributed by atoms with Crippen LogP contribution in [0, 0.1) is 15.9 Å². The van der Waals surface area contributed by atoms with Crippen LogP contribution in [0.15, 0.2) is 47.8 Å². The minimum atomic E-state index is -0.958. The molecule has 0 saturated heterocycles. The number of nitrogens with one attached hydrogen (secondary N) is 1. The maximum absolute atomic E-state index is 13.3. The predicted molar refractivity (Wildman–Crippen MR) is 90.0 cm³/mol. The van der Waals surface area contributed by atoms with E-state index >= 15 is 0 Å². The fourth-order valence-corrected chi connectivity index (χ4v) is 2.92. The van der Waals surface area contributed by atoms with Crippen molar-refractivity contribution < 1.29 is 14.1 Å². The number of hydrogen-bond donors (Lipinski definition) is 1. The van der Waals surface area contributed by atoms with E-state index < -0.39 is 27.6 Å². The maximum atomic E-state index is 13.3. The van der Waals surface area contributed by atoms with Gasteiger partial charge in [-0.1, -0.05) is 17.8 Å². The topological polar surface area (TPSA) is 102 Å². The second kappa shape index (κ2) is 6.85. The van der Waals surface area contributed by atoms with Gasteiger partial charge < -0.3 is 5.32 Å². The lowest BCUT2D eigenvalue weighted by molar-refractivity contribution is -0.387. The molecule has 0 saturated carbocycles. The zero-order chi connectivity index (χ0) is 18.0. The molecular formula is C15H12FN5O3S. The first-order valence-corrected chi connectivity index (χ1v) is 8.05. The minimum Gasteiger partial charge on any atom is -0.325 e. The molecule has 3 aromatic rings. The second-order valence-electron chi connectivity index (χ2n) is 5.08. The van der Waals surface area contributed by atoms with E-state index in [1.165, 1.54) is 17.8 Å². The SMILES string of the molecule is C[C@H](Sc1nnc2ccccn12)C(=O)Nc1ccc(F)c([N+](=O)[O-])c1. The fourth-order valence-electron chi connectivity index (χ4n) is 2.09.